The SMILES string of the molecule is CCC[C@H](NC(=O)[C@@H](NC(=O)OCc1ccccc1)C(C)OC(C)(C)C)C(=O)N[C@H](/C=C1\CCN(C(C)=O)C1=O)C[C@@H]1CCNC1=O. The highest BCUT2D eigenvalue weighted by Gasteiger charge is 2.35. The molecule has 1 aromatic rings. The maximum absolute atomic E-state index is 13.7. The zero-order valence-electron chi connectivity index (χ0n) is 28.2. The van der Waals surface area contributed by atoms with Gasteiger partial charge in [0.25, 0.3) is 5.91 Å². The molecule has 47 heavy (non-hydrogen) atoms. The van der Waals surface area contributed by atoms with Gasteiger partial charge < -0.3 is 30.7 Å². The molecule has 2 aliphatic rings. The summed E-state index contributed by atoms with van der Waals surface area (Å²) >= 11 is 0. The lowest BCUT2D eigenvalue weighted by Crippen LogP contribution is -2.58. The Hall–Kier alpha value is -4.26. The van der Waals surface area contributed by atoms with Crippen molar-refractivity contribution < 1.29 is 38.2 Å². The van der Waals surface area contributed by atoms with Crippen LogP contribution in [0.2, 0.25) is 0 Å². The average molecular weight is 656 g/mol. The third-order valence-corrected chi connectivity index (χ3v) is 7.92. The zero-order valence-corrected chi connectivity index (χ0v) is 28.2. The van der Waals surface area contributed by atoms with E-state index in [1.807, 2.05) is 45.9 Å². The number of likely N-dealkylation sites (tertiary alicyclic amines) is 1. The molecule has 0 aromatic heterocycles. The molecule has 258 valence electrons. The molecule has 2 fully saturated rings. The van der Waals surface area contributed by atoms with Gasteiger partial charge in [-0.3, -0.25) is 28.9 Å². The van der Waals surface area contributed by atoms with Crippen LogP contribution < -0.4 is 21.3 Å². The zero-order chi connectivity index (χ0) is 34.7. The molecule has 0 spiro atoms. The summed E-state index contributed by atoms with van der Waals surface area (Å²) in [7, 11) is 0. The van der Waals surface area contributed by atoms with Gasteiger partial charge in [0.15, 0.2) is 0 Å². The summed E-state index contributed by atoms with van der Waals surface area (Å²) in [5.41, 5.74) is 0.512. The molecule has 2 heterocycles. The Morgan fingerprint density at radius 3 is 2.34 bits per heavy atom. The van der Waals surface area contributed by atoms with Crippen molar-refractivity contribution in [2.24, 2.45) is 5.92 Å². The fourth-order valence-electron chi connectivity index (χ4n) is 5.67. The van der Waals surface area contributed by atoms with Gasteiger partial charge in [-0.15, -0.1) is 0 Å². The van der Waals surface area contributed by atoms with Gasteiger partial charge in [0.05, 0.1) is 11.7 Å². The van der Waals surface area contributed by atoms with Crippen LogP contribution >= 0.6 is 0 Å². The van der Waals surface area contributed by atoms with E-state index in [1.54, 1.807) is 25.1 Å². The number of nitrogens with zero attached hydrogens (tertiary/aromatic N) is 1. The van der Waals surface area contributed by atoms with Gasteiger partial charge in [-0.25, -0.2) is 4.79 Å². The average Bonchev–Trinajstić information content (AvgIpc) is 3.58. The summed E-state index contributed by atoms with van der Waals surface area (Å²) in [6.45, 7) is 11.1. The van der Waals surface area contributed by atoms with Gasteiger partial charge in [0.1, 0.15) is 18.7 Å². The van der Waals surface area contributed by atoms with Crippen LogP contribution in [0.3, 0.4) is 0 Å². The summed E-state index contributed by atoms with van der Waals surface area (Å²) in [5, 5.41) is 11.1. The van der Waals surface area contributed by atoms with E-state index in [9.17, 15) is 28.8 Å². The molecule has 6 amide bonds. The smallest absolute Gasteiger partial charge is 0.408 e. The second-order valence-corrected chi connectivity index (χ2v) is 13.0. The second kappa shape index (κ2) is 17.1. The second-order valence-electron chi connectivity index (χ2n) is 13.0. The van der Waals surface area contributed by atoms with Crippen molar-refractivity contribution in [3.8, 4) is 0 Å². The highest BCUT2D eigenvalue weighted by atomic mass is 16.6. The summed E-state index contributed by atoms with van der Waals surface area (Å²) in [6.07, 6.45) is 1.99. The fraction of sp³-hybridized carbons (Fsp3) is 0.588. The van der Waals surface area contributed by atoms with Crippen LogP contribution in [0, 0.1) is 5.92 Å². The van der Waals surface area contributed by atoms with Crippen molar-refractivity contribution >= 4 is 35.6 Å². The van der Waals surface area contributed by atoms with E-state index in [4.69, 9.17) is 9.47 Å². The number of benzene rings is 1. The Balaban J connectivity index is 1.77. The first kappa shape index (κ1) is 37.2. The Bertz CT molecular complexity index is 1330. The molecule has 13 heteroatoms. The van der Waals surface area contributed by atoms with Crippen LogP contribution in [0.4, 0.5) is 4.79 Å². The molecular weight excluding hydrogens is 606 g/mol. The van der Waals surface area contributed by atoms with E-state index in [1.165, 1.54) is 6.92 Å². The van der Waals surface area contributed by atoms with E-state index in [-0.39, 0.29) is 43.7 Å². The van der Waals surface area contributed by atoms with Crippen LogP contribution in [-0.2, 0) is 40.1 Å². The van der Waals surface area contributed by atoms with Crippen LogP contribution in [0.5, 0.6) is 0 Å². The highest BCUT2D eigenvalue weighted by molar-refractivity contribution is 6.05. The Kier molecular flexibility index (Phi) is 13.5. The van der Waals surface area contributed by atoms with Gasteiger partial charge in [0, 0.05) is 37.5 Å². The predicted octanol–water partition coefficient (Wildman–Crippen LogP) is 2.49. The molecule has 0 aliphatic carbocycles. The molecule has 1 aromatic carbocycles. The molecule has 2 saturated heterocycles. The van der Waals surface area contributed by atoms with Gasteiger partial charge in [0.2, 0.25) is 23.6 Å². The van der Waals surface area contributed by atoms with Crippen molar-refractivity contribution in [3.63, 3.8) is 0 Å². The number of nitrogens with one attached hydrogen (secondary N) is 4. The van der Waals surface area contributed by atoms with Crippen molar-refractivity contribution in [1.29, 1.82) is 0 Å². The number of carbonyl (C=O) groups excluding carboxylic acids is 6. The van der Waals surface area contributed by atoms with Crippen molar-refractivity contribution in [2.45, 2.75) is 110 Å². The number of rotatable bonds is 14. The van der Waals surface area contributed by atoms with Crippen LogP contribution in [0.25, 0.3) is 0 Å². The molecule has 2 aliphatic heterocycles. The maximum Gasteiger partial charge on any atom is 0.408 e. The van der Waals surface area contributed by atoms with E-state index >= 15 is 0 Å². The maximum atomic E-state index is 13.7. The number of amides is 6. The standard InChI is InChI=1S/C34H49N5O8/c1-7-11-27(30(42)36-26(18-24-14-16-35-29(24)41)19-25-15-17-39(22(3)40)32(25)44)37-31(43)28(21(2)47-34(4,5)6)38-33(45)46-20-23-12-9-8-10-13-23/h8-10,12-13,19,21,24,26-28H,7,11,14-18,20H2,1-6H3,(H,35,41)(H,36,42)(H,37,43)(H,38,45)/b25-19+/t21?,24-,26-,27-,28-/m0/s1. The predicted molar refractivity (Wildman–Crippen MR) is 173 cm³/mol. The molecule has 0 bridgehead atoms. The van der Waals surface area contributed by atoms with Crippen LogP contribution in [0.1, 0.15) is 79.2 Å². The molecule has 13 nitrogen and oxygen atoms in total. The number of ether oxygens (including phenoxy) is 2. The number of imide groups is 1. The minimum Gasteiger partial charge on any atom is -0.445 e. The first-order valence-corrected chi connectivity index (χ1v) is 16.2. The quantitative estimate of drug-likeness (QED) is 0.221. The van der Waals surface area contributed by atoms with Gasteiger partial charge in [-0.05, 0) is 58.9 Å². The Morgan fingerprint density at radius 2 is 1.77 bits per heavy atom. The van der Waals surface area contributed by atoms with E-state index in [0.29, 0.717) is 31.4 Å². The summed E-state index contributed by atoms with van der Waals surface area (Å²) in [5.74, 6) is -2.44. The van der Waals surface area contributed by atoms with Crippen LogP contribution in [0.15, 0.2) is 42.0 Å². The topological polar surface area (TPSA) is 172 Å². The third kappa shape index (κ3) is 11.5. The van der Waals surface area contributed by atoms with Crippen LogP contribution in [-0.4, -0.2) is 83.4 Å². The van der Waals surface area contributed by atoms with Gasteiger partial charge in [-0.2, -0.15) is 0 Å². The number of alkyl carbamates (subject to hydrolysis) is 1. The monoisotopic (exact) mass is 655 g/mol. The summed E-state index contributed by atoms with van der Waals surface area (Å²) in [6, 6.07) is 6.20. The normalized spacial score (nSPS) is 19.8. The lowest BCUT2D eigenvalue weighted by atomic mass is 9.96. The first-order chi connectivity index (χ1) is 22.2. The van der Waals surface area contributed by atoms with E-state index in [0.717, 1.165) is 10.5 Å². The first-order valence-electron chi connectivity index (χ1n) is 16.2. The molecule has 0 radical (unpaired) electrons. The van der Waals surface area contributed by atoms with E-state index in [2.05, 4.69) is 21.3 Å². The van der Waals surface area contributed by atoms with E-state index < -0.39 is 53.6 Å². The molecule has 3 rings (SSSR count). The molecule has 1 unspecified atom stereocenters. The Labute approximate surface area is 276 Å². The largest absolute Gasteiger partial charge is 0.445 e. The summed E-state index contributed by atoms with van der Waals surface area (Å²) < 4.78 is 11.4. The Morgan fingerprint density at radius 1 is 1.06 bits per heavy atom. The minimum absolute atomic E-state index is 0.00101. The molecule has 5 atom stereocenters. The fourth-order valence-corrected chi connectivity index (χ4v) is 5.67. The van der Waals surface area contributed by atoms with Crippen molar-refractivity contribution in [2.75, 3.05) is 13.1 Å². The minimum atomic E-state index is -1.20. The molecule has 0 saturated carbocycles. The summed E-state index contributed by atoms with van der Waals surface area (Å²) in [4.78, 5) is 78.5. The molecular formula is C34H49N5O8. The third-order valence-electron chi connectivity index (χ3n) is 7.92. The number of hydrogen-bond donors (Lipinski definition) is 4. The number of hydrogen-bond acceptors (Lipinski definition) is 8. The van der Waals surface area contributed by atoms with Gasteiger partial charge >= 0.3 is 6.09 Å². The molecule has 4 N–H and O–H groups in total. The lowest BCUT2D eigenvalue weighted by Gasteiger charge is -2.31. The lowest BCUT2D eigenvalue weighted by molar-refractivity contribution is -0.139. The van der Waals surface area contributed by atoms with Crippen molar-refractivity contribution in [3.05, 3.63) is 47.5 Å². The van der Waals surface area contributed by atoms with Crippen molar-refractivity contribution in [1.82, 2.24) is 26.2 Å². The van der Waals surface area contributed by atoms with Gasteiger partial charge in [-0.1, -0.05) is 49.8 Å². The highest BCUT2D eigenvalue weighted by Crippen LogP contribution is 2.22. The number of carbonyl (C=O) groups is 6.